The molecule has 2 rings (SSSR count). The molecular weight excluding hydrogens is 420 g/mol. The zero-order valence-corrected chi connectivity index (χ0v) is 15.4. The molecule has 0 spiro atoms. The van der Waals surface area contributed by atoms with E-state index in [9.17, 15) is 40.2 Å². The lowest BCUT2D eigenvalue weighted by atomic mass is 9.72. The van der Waals surface area contributed by atoms with E-state index in [1.807, 2.05) is 13.8 Å². The van der Waals surface area contributed by atoms with E-state index >= 15 is 0 Å². The molecule has 5 atom stereocenters. The lowest BCUT2D eigenvalue weighted by Crippen LogP contribution is -2.58. The molecule has 5 unspecified atom stereocenters. The molecule has 1 nitrogen and oxygen atoms in total. The summed E-state index contributed by atoms with van der Waals surface area (Å²) in [5, 5.41) is 9.28. The molecule has 0 saturated heterocycles. The van der Waals surface area contributed by atoms with E-state index in [0.29, 0.717) is 18.8 Å². The van der Waals surface area contributed by atoms with Crippen LogP contribution in [0, 0.1) is 29.6 Å². The number of hydrogen-bond donors (Lipinski definition) is 1. The first-order valence-corrected chi connectivity index (χ1v) is 8.69. The molecule has 2 saturated carbocycles. The Labute approximate surface area is 178 Å². The van der Waals surface area contributed by atoms with Gasteiger partial charge >= 0.3 is 12.4 Å². The fourth-order valence-corrected chi connectivity index (χ4v) is 4.10. The molecule has 190 valence electrons. The first-order chi connectivity index (χ1) is 11.7. The lowest BCUT2D eigenvalue weighted by molar-refractivity contribution is -0.373. The Balaban J connectivity index is -0.000000187. The van der Waals surface area contributed by atoms with Crippen LogP contribution in [-0.2, 0) is 0 Å². The average molecular weight is 465 g/mol. The van der Waals surface area contributed by atoms with Crippen molar-refractivity contribution in [1.29, 1.82) is 0 Å². The van der Waals surface area contributed by atoms with Crippen molar-refractivity contribution in [3.63, 3.8) is 0 Å². The third-order valence-electron chi connectivity index (χ3n) is 5.53. The van der Waals surface area contributed by atoms with Gasteiger partial charge in [-0.15, -0.1) is 0 Å². The predicted molar refractivity (Wildman–Crippen MR) is 110 cm³/mol. The van der Waals surface area contributed by atoms with Crippen molar-refractivity contribution in [2.24, 2.45) is 29.6 Å². The zero-order valence-electron chi connectivity index (χ0n) is 15.4. The van der Waals surface area contributed by atoms with Gasteiger partial charge in [0.25, 0.3) is 5.60 Å². The van der Waals surface area contributed by atoms with Crippen LogP contribution in [0.1, 0.15) is 76.7 Å². The molecule has 30 heavy (non-hydrogen) atoms. The molecule has 0 aliphatic heterocycles. The number of aliphatic hydroxyl groups is 1. The summed E-state index contributed by atoms with van der Waals surface area (Å²) in [6.07, 6.45) is -11.6. The van der Waals surface area contributed by atoms with Gasteiger partial charge in [-0.3, -0.25) is 8.78 Å². The van der Waals surface area contributed by atoms with E-state index in [1.165, 1.54) is 13.8 Å². The molecular formula is C21H44F8O. The number of fused-ring (bicyclic) bond motifs is 2. The highest BCUT2D eigenvalue weighted by atomic mass is 19.4. The van der Waals surface area contributed by atoms with Gasteiger partial charge in [0.1, 0.15) is 0 Å². The van der Waals surface area contributed by atoms with Gasteiger partial charge in [-0.25, -0.2) is 0 Å². The molecule has 0 radical (unpaired) electrons. The number of rotatable bonds is 2. The van der Waals surface area contributed by atoms with E-state index in [4.69, 9.17) is 0 Å². The van der Waals surface area contributed by atoms with Crippen molar-refractivity contribution >= 4 is 0 Å². The number of alkyl halides is 8. The van der Waals surface area contributed by atoms with Crippen LogP contribution in [0.2, 0.25) is 0 Å². The number of hydrogen-bond acceptors (Lipinski definition) is 1. The summed E-state index contributed by atoms with van der Waals surface area (Å²) < 4.78 is 96.8. The fourth-order valence-electron chi connectivity index (χ4n) is 4.10. The molecule has 2 fully saturated rings. The summed E-state index contributed by atoms with van der Waals surface area (Å²) in [7, 11) is 0. The molecule has 0 aromatic carbocycles. The van der Waals surface area contributed by atoms with Crippen LogP contribution in [-0.4, -0.2) is 36.4 Å². The normalized spacial score (nSPS) is 26.9. The van der Waals surface area contributed by atoms with E-state index < -0.39 is 30.3 Å². The summed E-state index contributed by atoms with van der Waals surface area (Å²) in [5.74, 6) is -0.220. The highest BCUT2D eigenvalue weighted by Gasteiger charge is 2.71. The van der Waals surface area contributed by atoms with Crippen LogP contribution in [0.3, 0.4) is 0 Å². The second kappa shape index (κ2) is 15.2. The Kier molecular flexibility index (Phi) is 20.2. The largest absolute Gasteiger partial charge is 0.426 e. The quantitative estimate of drug-likeness (QED) is 0.405. The highest BCUT2D eigenvalue weighted by molar-refractivity contribution is 5.03. The topological polar surface area (TPSA) is 20.2 Å². The molecule has 2 aliphatic rings. The van der Waals surface area contributed by atoms with Crippen LogP contribution in [0.15, 0.2) is 0 Å². The Morgan fingerprint density at radius 1 is 0.733 bits per heavy atom. The van der Waals surface area contributed by atoms with Gasteiger partial charge in [0, 0.05) is 0 Å². The van der Waals surface area contributed by atoms with Crippen LogP contribution >= 0.6 is 0 Å². The minimum atomic E-state index is -5.69. The lowest BCUT2D eigenvalue weighted by Gasteiger charge is -2.39. The standard InChI is InChI=1S/C13H18F6O.2C2H5F.4CH4/c1-6-7(2)10-4-8(6)3-9(10)5-11(20,12(14,15)16)13(17,18)19;2*1-2-3;;;;/h6-10,20H,3-5H2,1-2H3;2*2H2,1H3;4*1H4. The second-order valence-corrected chi connectivity index (χ2v) is 6.97. The average Bonchev–Trinajstić information content (AvgIpc) is 2.98. The van der Waals surface area contributed by atoms with Crippen LogP contribution < -0.4 is 0 Å². The van der Waals surface area contributed by atoms with Gasteiger partial charge in [0.15, 0.2) is 0 Å². The van der Waals surface area contributed by atoms with E-state index in [2.05, 4.69) is 0 Å². The van der Waals surface area contributed by atoms with E-state index in [-0.39, 0.29) is 60.8 Å². The van der Waals surface area contributed by atoms with Gasteiger partial charge < -0.3 is 5.11 Å². The third kappa shape index (κ3) is 8.87. The minimum absolute atomic E-state index is 0. The summed E-state index contributed by atoms with van der Waals surface area (Å²) in [5.41, 5.74) is -4.59. The van der Waals surface area contributed by atoms with E-state index in [0.717, 1.165) is 0 Å². The zero-order chi connectivity index (χ0) is 20.9. The second-order valence-electron chi connectivity index (χ2n) is 6.97. The van der Waals surface area contributed by atoms with Gasteiger partial charge in [-0.2, -0.15) is 26.3 Å². The Hall–Kier alpha value is -0.600. The smallest absolute Gasteiger partial charge is 0.374 e. The van der Waals surface area contributed by atoms with Crippen LogP contribution in [0.25, 0.3) is 0 Å². The molecule has 0 amide bonds. The maximum Gasteiger partial charge on any atom is 0.426 e. The van der Waals surface area contributed by atoms with Gasteiger partial charge in [-0.1, -0.05) is 43.6 Å². The van der Waals surface area contributed by atoms with Crippen LogP contribution in [0.5, 0.6) is 0 Å². The molecule has 2 bridgehead atoms. The maximum absolute atomic E-state index is 12.7. The van der Waals surface area contributed by atoms with Crippen molar-refractivity contribution in [3.05, 3.63) is 0 Å². The first kappa shape index (κ1) is 39.8. The van der Waals surface area contributed by atoms with E-state index in [1.54, 1.807) is 0 Å². The van der Waals surface area contributed by atoms with Crippen molar-refractivity contribution in [1.82, 2.24) is 0 Å². The Morgan fingerprint density at radius 3 is 1.30 bits per heavy atom. The Bertz CT molecular complexity index is 391. The van der Waals surface area contributed by atoms with Gasteiger partial charge in [0.2, 0.25) is 0 Å². The molecule has 0 heterocycles. The van der Waals surface area contributed by atoms with Crippen molar-refractivity contribution < 1.29 is 40.2 Å². The summed E-state index contributed by atoms with van der Waals surface area (Å²) >= 11 is 0. The monoisotopic (exact) mass is 464 g/mol. The molecule has 9 heteroatoms. The molecule has 0 aromatic rings. The molecule has 1 N–H and O–H groups in total. The summed E-state index contributed by atoms with van der Waals surface area (Å²) in [6, 6.07) is 0. The predicted octanol–water partition coefficient (Wildman–Crippen LogP) is 8.66. The van der Waals surface area contributed by atoms with Crippen molar-refractivity contribution in [2.45, 2.75) is 94.6 Å². The molecule has 0 aromatic heterocycles. The van der Waals surface area contributed by atoms with Crippen LogP contribution in [0.4, 0.5) is 35.1 Å². The van der Waals surface area contributed by atoms with Gasteiger partial charge in [-0.05, 0) is 62.7 Å². The maximum atomic E-state index is 12.7. The first-order valence-electron chi connectivity index (χ1n) is 8.69. The summed E-state index contributed by atoms with van der Waals surface area (Å²) in [6.45, 7) is 6.28. The fraction of sp³-hybridized carbons (Fsp3) is 1.00. The minimum Gasteiger partial charge on any atom is -0.374 e. The highest BCUT2D eigenvalue weighted by Crippen LogP contribution is 2.59. The summed E-state index contributed by atoms with van der Waals surface area (Å²) in [4.78, 5) is 0. The molecule has 2 aliphatic carbocycles. The SMILES string of the molecule is C.C.C.C.CC1C2CC(CC(O)(C(F)(F)F)C(F)(F)F)C(C2)C1C.CCF.CCF. The third-order valence-corrected chi connectivity index (χ3v) is 5.53. The van der Waals surface area contributed by atoms with Crippen molar-refractivity contribution in [3.8, 4) is 0 Å². The van der Waals surface area contributed by atoms with Crippen molar-refractivity contribution in [2.75, 3.05) is 13.3 Å². The Morgan fingerprint density at radius 2 is 1.07 bits per heavy atom. The van der Waals surface area contributed by atoms with Gasteiger partial charge in [0.05, 0.1) is 13.3 Å². The number of halogens is 8.